The molecule has 5 atom stereocenters. The Hall–Kier alpha value is -0.0800. The molecule has 0 spiro atoms. The number of hydrogen-bond donors (Lipinski definition) is 1. The van der Waals surface area contributed by atoms with Crippen LogP contribution in [0.5, 0.6) is 0 Å². The van der Waals surface area contributed by atoms with Crippen molar-refractivity contribution in [3.63, 3.8) is 0 Å². The van der Waals surface area contributed by atoms with Crippen LogP contribution in [0.1, 0.15) is 51.9 Å². The van der Waals surface area contributed by atoms with Gasteiger partial charge in [-0.2, -0.15) is 0 Å². The molecular formula is C16H30N2. The molecule has 2 saturated carbocycles. The van der Waals surface area contributed by atoms with Crippen LogP contribution in [0.4, 0.5) is 0 Å². The minimum Gasteiger partial charge on any atom is -0.330 e. The van der Waals surface area contributed by atoms with Gasteiger partial charge in [0.25, 0.3) is 0 Å². The van der Waals surface area contributed by atoms with E-state index in [4.69, 9.17) is 5.73 Å². The Balaban J connectivity index is 1.65. The predicted molar refractivity (Wildman–Crippen MR) is 76.4 cm³/mol. The summed E-state index contributed by atoms with van der Waals surface area (Å²) < 4.78 is 0. The number of fused-ring (bicyclic) bond motifs is 1. The van der Waals surface area contributed by atoms with E-state index in [1.807, 2.05) is 0 Å². The maximum Gasteiger partial charge on any atom is 0.0138 e. The summed E-state index contributed by atoms with van der Waals surface area (Å²) in [6, 6.07) is 0.819. The van der Waals surface area contributed by atoms with E-state index in [9.17, 15) is 0 Å². The predicted octanol–water partition coefficient (Wildman–Crippen LogP) is 2.87. The van der Waals surface area contributed by atoms with Crippen LogP contribution in [0, 0.1) is 23.7 Å². The minimum absolute atomic E-state index is 0.784. The molecule has 1 heterocycles. The van der Waals surface area contributed by atoms with Gasteiger partial charge in [-0.25, -0.2) is 0 Å². The van der Waals surface area contributed by atoms with E-state index in [1.165, 1.54) is 58.0 Å². The van der Waals surface area contributed by atoms with Gasteiger partial charge < -0.3 is 5.73 Å². The zero-order valence-corrected chi connectivity index (χ0v) is 12.0. The van der Waals surface area contributed by atoms with Gasteiger partial charge in [0.05, 0.1) is 0 Å². The molecule has 0 radical (unpaired) electrons. The molecule has 2 N–H and O–H groups in total. The van der Waals surface area contributed by atoms with Crippen molar-refractivity contribution in [2.45, 2.75) is 57.9 Å². The number of rotatable bonds is 3. The van der Waals surface area contributed by atoms with Crippen molar-refractivity contribution >= 4 is 0 Å². The van der Waals surface area contributed by atoms with E-state index in [1.54, 1.807) is 0 Å². The van der Waals surface area contributed by atoms with E-state index < -0.39 is 0 Å². The molecule has 0 bridgehead atoms. The standard InChI is InChI=1S/C16H30N2/c1-2-12-6-7-13(9-17)16(8-12)18-10-14-4-3-5-15(14)11-18/h12-16H,2-11,17H2,1H3. The molecule has 1 saturated heterocycles. The average Bonchev–Trinajstić information content (AvgIpc) is 2.98. The van der Waals surface area contributed by atoms with Gasteiger partial charge in [-0.1, -0.05) is 26.2 Å². The highest BCUT2D eigenvalue weighted by atomic mass is 15.2. The number of nitrogens with zero attached hydrogens (tertiary/aromatic N) is 1. The summed E-state index contributed by atoms with van der Waals surface area (Å²) in [5.74, 6) is 3.82. The maximum absolute atomic E-state index is 6.04. The van der Waals surface area contributed by atoms with Crippen LogP contribution in [-0.4, -0.2) is 30.6 Å². The van der Waals surface area contributed by atoms with Gasteiger partial charge in [0, 0.05) is 19.1 Å². The lowest BCUT2D eigenvalue weighted by molar-refractivity contribution is 0.0936. The molecule has 0 aromatic rings. The van der Waals surface area contributed by atoms with Crippen LogP contribution in [0.3, 0.4) is 0 Å². The molecule has 3 fully saturated rings. The first-order valence-corrected chi connectivity index (χ1v) is 8.26. The Morgan fingerprint density at radius 1 is 1.06 bits per heavy atom. The van der Waals surface area contributed by atoms with E-state index in [0.29, 0.717) is 0 Å². The highest BCUT2D eigenvalue weighted by Gasteiger charge is 2.42. The quantitative estimate of drug-likeness (QED) is 0.834. The van der Waals surface area contributed by atoms with Crippen LogP contribution in [0.2, 0.25) is 0 Å². The zero-order chi connectivity index (χ0) is 12.5. The minimum atomic E-state index is 0.784. The van der Waals surface area contributed by atoms with Crippen LogP contribution >= 0.6 is 0 Å². The molecule has 2 nitrogen and oxygen atoms in total. The second-order valence-corrected chi connectivity index (χ2v) is 7.06. The Bertz CT molecular complexity index is 266. The van der Waals surface area contributed by atoms with Gasteiger partial charge >= 0.3 is 0 Å². The molecule has 18 heavy (non-hydrogen) atoms. The molecule has 3 aliphatic rings. The molecule has 0 aromatic heterocycles. The molecule has 2 heteroatoms. The molecule has 2 aliphatic carbocycles. The van der Waals surface area contributed by atoms with Crippen molar-refractivity contribution in [3.05, 3.63) is 0 Å². The molecular weight excluding hydrogens is 220 g/mol. The molecule has 0 amide bonds. The summed E-state index contributed by atoms with van der Waals surface area (Å²) in [6.07, 6.45) is 10.1. The number of nitrogens with two attached hydrogens (primary N) is 1. The molecule has 0 aromatic carbocycles. The first-order valence-electron chi connectivity index (χ1n) is 8.26. The normalized spacial score (nSPS) is 45.3. The number of hydrogen-bond acceptors (Lipinski definition) is 2. The van der Waals surface area contributed by atoms with Crippen molar-refractivity contribution in [2.24, 2.45) is 29.4 Å². The SMILES string of the molecule is CCC1CCC(CN)C(N2CC3CCCC3C2)C1. The Kier molecular flexibility index (Phi) is 3.95. The largest absolute Gasteiger partial charge is 0.330 e. The fourth-order valence-corrected chi connectivity index (χ4v) is 4.93. The lowest BCUT2D eigenvalue weighted by Gasteiger charge is -2.41. The Morgan fingerprint density at radius 2 is 1.78 bits per heavy atom. The first-order chi connectivity index (χ1) is 8.81. The van der Waals surface area contributed by atoms with E-state index in [2.05, 4.69) is 11.8 Å². The van der Waals surface area contributed by atoms with Crippen molar-refractivity contribution < 1.29 is 0 Å². The summed E-state index contributed by atoms with van der Waals surface area (Å²) in [4.78, 5) is 2.84. The van der Waals surface area contributed by atoms with Crippen molar-refractivity contribution in [1.82, 2.24) is 4.90 Å². The van der Waals surface area contributed by atoms with E-state index in [-0.39, 0.29) is 0 Å². The van der Waals surface area contributed by atoms with Crippen LogP contribution in [-0.2, 0) is 0 Å². The van der Waals surface area contributed by atoms with Crippen molar-refractivity contribution in [3.8, 4) is 0 Å². The summed E-state index contributed by atoms with van der Waals surface area (Å²) in [6.45, 7) is 6.06. The van der Waals surface area contributed by atoms with Crippen molar-refractivity contribution in [1.29, 1.82) is 0 Å². The summed E-state index contributed by atoms with van der Waals surface area (Å²) in [5.41, 5.74) is 6.04. The summed E-state index contributed by atoms with van der Waals surface area (Å²) in [5, 5.41) is 0. The van der Waals surface area contributed by atoms with Gasteiger partial charge in [-0.05, 0) is 55.9 Å². The fraction of sp³-hybridized carbons (Fsp3) is 1.00. The molecule has 5 unspecified atom stereocenters. The van der Waals surface area contributed by atoms with Gasteiger partial charge in [0.1, 0.15) is 0 Å². The topological polar surface area (TPSA) is 29.3 Å². The van der Waals surface area contributed by atoms with E-state index in [0.717, 1.165) is 36.3 Å². The van der Waals surface area contributed by atoms with Crippen LogP contribution < -0.4 is 5.73 Å². The lowest BCUT2D eigenvalue weighted by Crippen LogP contribution is -2.46. The summed E-state index contributed by atoms with van der Waals surface area (Å²) in [7, 11) is 0. The smallest absolute Gasteiger partial charge is 0.0138 e. The van der Waals surface area contributed by atoms with Gasteiger partial charge in [-0.3, -0.25) is 4.90 Å². The van der Waals surface area contributed by atoms with Crippen LogP contribution in [0.25, 0.3) is 0 Å². The highest BCUT2D eigenvalue weighted by Crippen LogP contribution is 2.42. The van der Waals surface area contributed by atoms with Crippen molar-refractivity contribution in [2.75, 3.05) is 19.6 Å². The first kappa shape index (κ1) is 12.9. The Morgan fingerprint density at radius 3 is 2.39 bits per heavy atom. The molecule has 3 rings (SSSR count). The average molecular weight is 250 g/mol. The Labute approximate surface area is 112 Å². The van der Waals surface area contributed by atoms with E-state index >= 15 is 0 Å². The molecule has 104 valence electrons. The second kappa shape index (κ2) is 5.50. The molecule has 1 aliphatic heterocycles. The maximum atomic E-state index is 6.04. The van der Waals surface area contributed by atoms with Gasteiger partial charge in [0.2, 0.25) is 0 Å². The third-order valence-corrected chi connectivity index (χ3v) is 6.17. The highest BCUT2D eigenvalue weighted by molar-refractivity contribution is 4.95. The monoisotopic (exact) mass is 250 g/mol. The lowest BCUT2D eigenvalue weighted by atomic mass is 9.76. The third-order valence-electron chi connectivity index (χ3n) is 6.17. The van der Waals surface area contributed by atoms with Crippen LogP contribution in [0.15, 0.2) is 0 Å². The zero-order valence-electron chi connectivity index (χ0n) is 12.0. The van der Waals surface area contributed by atoms with Gasteiger partial charge in [-0.15, -0.1) is 0 Å². The third kappa shape index (κ3) is 2.34. The van der Waals surface area contributed by atoms with Gasteiger partial charge in [0.15, 0.2) is 0 Å². The second-order valence-electron chi connectivity index (χ2n) is 7.06. The number of likely N-dealkylation sites (tertiary alicyclic amines) is 1. The fourth-order valence-electron chi connectivity index (χ4n) is 4.93. The summed E-state index contributed by atoms with van der Waals surface area (Å²) >= 11 is 0.